The van der Waals surface area contributed by atoms with Crippen LogP contribution < -0.4 is 0 Å². The van der Waals surface area contributed by atoms with Crippen molar-refractivity contribution in [1.82, 2.24) is 0 Å². The Kier molecular flexibility index (Phi) is 6.35. The van der Waals surface area contributed by atoms with E-state index in [1.54, 1.807) is 0 Å². The highest BCUT2D eigenvalue weighted by molar-refractivity contribution is 5.54. The largest absolute Gasteiger partial charge is 0.507 e. The summed E-state index contributed by atoms with van der Waals surface area (Å²) < 4.78 is 0. The van der Waals surface area contributed by atoms with Gasteiger partial charge in [0, 0.05) is 16.5 Å². The normalized spacial score (nSPS) is 20.5. The lowest BCUT2D eigenvalue weighted by atomic mass is 9.67. The van der Waals surface area contributed by atoms with Crippen LogP contribution in [0.3, 0.4) is 0 Å². The molecule has 0 radical (unpaired) electrons. The molecule has 2 nitrogen and oxygen atoms in total. The Morgan fingerprint density at radius 2 is 0.939 bits per heavy atom. The van der Waals surface area contributed by atoms with Crippen LogP contribution in [0.2, 0.25) is 0 Å². The first kappa shape index (κ1) is 24.2. The van der Waals surface area contributed by atoms with E-state index in [0.29, 0.717) is 11.5 Å². The average molecular weight is 449 g/mol. The molecule has 2 heteroatoms. The van der Waals surface area contributed by atoms with Gasteiger partial charge in [-0.3, -0.25) is 0 Å². The van der Waals surface area contributed by atoms with E-state index in [1.165, 1.54) is 49.7 Å². The Hall–Kier alpha value is -1.96. The van der Waals surface area contributed by atoms with Crippen LogP contribution in [-0.2, 0) is 16.2 Å². The van der Waals surface area contributed by atoms with E-state index in [0.717, 1.165) is 47.9 Å². The second-order valence-corrected chi connectivity index (χ2v) is 12.2. The van der Waals surface area contributed by atoms with Gasteiger partial charge in [0.25, 0.3) is 0 Å². The minimum atomic E-state index is -0.226. The molecular formula is C31H44O2. The van der Waals surface area contributed by atoms with Gasteiger partial charge in [-0.15, -0.1) is 0 Å². The molecule has 0 spiro atoms. The summed E-state index contributed by atoms with van der Waals surface area (Å²) in [6.45, 7) is 13.4. The van der Waals surface area contributed by atoms with Crippen molar-refractivity contribution < 1.29 is 10.2 Å². The molecule has 0 aromatic heterocycles. The lowest BCUT2D eigenvalue weighted by Crippen LogP contribution is -2.28. The minimum absolute atomic E-state index is 0.0464. The standard InChI is InChI=1S/C31H44O2/c1-21-17-23(19-25(27(21)32)30(5)13-9-7-10-14-30)29(3,4)24-18-22(2)28(33)26(20-24)31(6)15-11-8-12-16-31/h17-20,32-33H,7-16H2,1-6H3. The maximum Gasteiger partial charge on any atom is 0.122 e. The van der Waals surface area contributed by atoms with Gasteiger partial charge < -0.3 is 10.2 Å². The van der Waals surface area contributed by atoms with Gasteiger partial charge in [0.15, 0.2) is 0 Å². The molecule has 2 fully saturated rings. The van der Waals surface area contributed by atoms with Gasteiger partial charge in [-0.1, -0.05) is 90.5 Å². The fraction of sp³-hybridized carbons (Fsp3) is 0.613. The Bertz CT molecular complexity index is 936. The van der Waals surface area contributed by atoms with E-state index < -0.39 is 0 Å². The van der Waals surface area contributed by atoms with Crippen molar-refractivity contribution in [2.45, 2.75) is 122 Å². The fourth-order valence-electron chi connectivity index (χ4n) is 6.57. The number of benzene rings is 2. The van der Waals surface area contributed by atoms with Gasteiger partial charge >= 0.3 is 0 Å². The Balaban J connectivity index is 1.82. The van der Waals surface area contributed by atoms with Crippen molar-refractivity contribution in [2.24, 2.45) is 0 Å². The Morgan fingerprint density at radius 1 is 0.606 bits per heavy atom. The summed E-state index contributed by atoms with van der Waals surface area (Å²) >= 11 is 0. The predicted octanol–water partition coefficient (Wildman–Crippen LogP) is 8.48. The highest BCUT2D eigenvalue weighted by Crippen LogP contribution is 2.48. The first-order chi connectivity index (χ1) is 15.5. The number of phenolic OH excluding ortho intramolecular Hbond substituents is 2. The molecule has 4 rings (SSSR count). The minimum Gasteiger partial charge on any atom is -0.507 e. The van der Waals surface area contributed by atoms with E-state index in [4.69, 9.17) is 0 Å². The highest BCUT2D eigenvalue weighted by atomic mass is 16.3. The van der Waals surface area contributed by atoms with E-state index in [2.05, 4.69) is 52.0 Å². The smallest absolute Gasteiger partial charge is 0.122 e. The van der Waals surface area contributed by atoms with Crippen LogP contribution in [-0.4, -0.2) is 10.2 Å². The second-order valence-electron chi connectivity index (χ2n) is 12.2. The molecule has 0 aliphatic heterocycles. The Morgan fingerprint density at radius 3 is 1.27 bits per heavy atom. The second kappa shape index (κ2) is 8.67. The highest BCUT2D eigenvalue weighted by Gasteiger charge is 2.36. The van der Waals surface area contributed by atoms with Crippen LogP contribution in [0.5, 0.6) is 11.5 Å². The van der Waals surface area contributed by atoms with Crippen molar-refractivity contribution in [3.05, 3.63) is 57.6 Å². The van der Waals surface area contributed by atoms with Crippen molar-refractivity contribution in [2.75, 3.05) is 0 Å². The number of hydrogen-bond acceptors (Lipinski definition) is 2. The lowest BCUT2D eigenvalue weighted by molar-refractivity contribution is 0.306. The zero-order chi connectivity index (χ0) is 24.0. The van der Waals surface area contributed by atoms with E-state index >= 15 is 0 Å². The number of aromatic hydroxyl groups is 2. The summed E-state index contributed by atoms with van der Waals surface area (Å²) in [5, 5.41) is 22.1. The Labute approximate surface area is 201 Å². The molecule has 0 atom stereocenters. The van der Waals surface area contributed by atoms with Crippen LogP contribution in [0, 0.1) is 13.8 Å². The van der Waals surface area contributed by atoms with Crippen LogP contribution in [0.4, 0.5) is 0 Å². The number of phenols is 2. The molecule has 33 heavy (non-hydrogen) atoms. The molecular weight excluding hydrogens is 404 g/mol. The summed E-state index contributed by atoms with van der Waals surface area (Å²) in [5.41, 5.74) is 6.57. The molecule has 0 bridgehead atoms. The summed E-state index contributed by atoms with van der Waals surface area (Å²) in [6, 6.07) is 8.93. The quantitative estimate of drug-likeness (QED) is 0.492. The molecule has 0 amide bonds. The van der Waals surface area contributed by atoms with Gasteiger partial charge in [-0.05, 0) is 72.6 Å². The summed E-state index contributed by atoms with van der Waals surface area (Å²) in [4.78, 5) is 0. The molecule has 0 unspecified atom stereocenters. The predicted molar refractivity (Wildman–Crippen MR) is 139 cm³/mol. The molecule has 0 heterocycles. The van der Waals surface area contributed by atoms with Gasteiger partial charge in [0.2, 0.25) is 0 Å². The SMILES string of the molecule is Cc1cc(C(C)(C)c2cc(C)c(O)c(C3(C)CCCCC3)c2)cc(C2(C)CCCCC2)c1O. The third-order valence-corrected chi connectivity index (χ3v) is 9.26. The monoisotopic (exact) mass is 448 g/mol. The number of aryl methyl sites for hydroxylation is 2. The van der Waals surface area contributed by atoms with Crippen LogP contribution in [0.15, 0.2) is 24.3 Å². The molecule has 2 aromatic carbocycles. The van der Waals surface area contributed by atoms with E-state index in [-0.39, 0.29) is 16.2 Å². The molecule has 2 aliphatic rings. The summed E-state index contributed by atoms with van der Waals surface area (Å²) in [5.74, 6) is 0.965. The van der Waals surface area contributed by atoms with Crippen LogP contribution in [0.1, 0.15) is 125 Å². The third-order valence-electron chi connectivity index (χ3n) is 9.26. The van der Waals surface area contributed by atoms with Crippen molar-refractivity contribution in [3.8, 4) is 11.5 Å². The van der Waals surface area contributed by atoms with Gasteiger partial charge in [-0.25, -0.2) is 0 Å². The number of rotatable bonds is 4. The zero-order valence-electron chi connectivity index (χ0n) is 21.8. The fourth-order valence-corrected chi connectivity index (χ4v) is 6.57. The molecule has 2 saturated carbocycles. The van der Waals surface area contributed by atoms with Crippen LogP contribution in [0.25, 0.3) is 0 Å². The molecule has 180 valence electrons. The topological polar surface area (TPSA) is 40.5 Å². The van der Waals surface area contributed by atoms with Gasteiger partial charge in [0.05, 0.1) is 0 Å². The molecule has 2 aliphatic carbocycles. The first-order valence-electron chi connectivity index (χ1n) is 13.2. The summed E-state index contributed by atoms with van der Waals surface area (Å²) in [6.07, 6.45) is 12.1. The van der Waals surface area contributed by atoms with Crippen LogP contribution >= 0.6 is 0 Å². The third kappa shape index (κ3) is 4.31. The van der Waals surface area contributed by atoms with Crippen molar-refractivity contribution >= 4 is 0 Å². The maximum atomic E-state index is 11.1. The van der Waals surface area contributed by atoms with E-state index in [1.807, 2.05) is 13.8 Å². The van der Waals surface area contributed by atoms with E-state index in [9.17, 15) is 10.2 Å². The average Bonchev–Trinajstić information content (AvgIpc) is 2.77. The van der Waals surface area contributed by atoms with Gasteiger partial charge in [0.1, 0.15) is 11.5 Å². The lowest BCUT2D eigenvalue weighted by Gasteiger charge is -2.38. The molecule has 2 N–H and O–H groups in total. The molecule has 0 saturated heterocycles. The van der Waals surface area contributed by atoms with Crippen molar-refractivity contribution in [3.63, 3.8) is 0 Å². The van der Waals surface area contributed by atoms with Gasteiger partial charge in [-0.2, -0.15) is 0 Å². The summed E-state index contributed by atoms with van der Waals surface area (Å²) in [7, 11) is 0. The number of hydrogen-bond donors (Lipinski definition) is 2. The molecule has 2 aromatic rings. The maximum absolute atomic E-state index is 11.1. The zero-order valence-corrected chi connectivity index (χ0v) is 21.8. The first-order valence-corrected chi connectivity index (χ1v) is 13.2. The van der Waals surface area contributed by atoms with Crippen molar-refractivity contribution in [1.29, 1.82) is 0 Å².